The Balaban J connectivity index is 1.97. The van der Waals surface area contributed by atoms with Gasteiger partial charge in [0.2, 0.25) is 11.8 Å². The Kier molecular flexibility index (Phi) is 7.60. The van der Waals surface area contributed by atoms with Gasteiger partial charge >= 0.3 is 5.97 Å². The molecule has 0 aliphatic carbocycles. The molecule has 0 aromatic carbocycles. The van der Waals surface area contributed by atoms with Crippen molar-refractivity contribution in [2.75, 3.05) is 19.7 Å². The van der Waals surface area contributed by atoms with E-state index in [4.69, 9.17) is 4.74 Å². The standard InChI is InChI=1S/C19H30N2O5/c1-3-7-17(23)20-12-6-9-15(20)19(25)21-13-5-8-14(21)16(22)10-11-18(24)26-4-2/h14-15H,3-13H2,1-2H3/t14-,15-/m0/s1. The number of likely N-dealkylation sites (tertiary alicyclic amines) is 2. The molecule has 0 aromatic heterocycles. The lowest BCUT2D eigenvalue weighted by molar-refractivity contribution is -0.147. The third-order valence-electron chi connectivity index (χ3n) is 5.11. The predicted molar refractivity (Wildman–Crippen MR) is 95.3 cm³/mol. The number of hydrogen-bond donors (Lipinski definition) is 0. The van der Waals surface area contributed by atoms with E-state index in [0.717, 1.165) is 19.3 Å². The van der Waals surface area contributed by atoms with Crippen molar-refractivity contribution in [1.82, 2.24) is 9.80 Å². The van der Waals surface area contributed by atoms with Crippen LogP contribution in [0.5, 0.6) is 0 Å². The minimum Gasteiger partial charge on any atom is -0.466 e. The van der Waals surface area contributed by atoms with Gasteiger partial charge in [0, 0.05) is 25.9 Å². The average Bonchev–Trinajstić information content (AvgIpc) is 3.28. The minimum atomic E-state index is -0.472. The molecule has 0 unspecified atom stereocenters. The Bertz CT molecular complexity index is 548. The summed E-state index contributed by atoms with van der Waals surface area (Å²) in [5, 5.41) is 0. The fourth-order valence-corrected chi connectivity index (χ4v) is 3.86. The fourth-order valence-electron chi connectivity index (χ4n) is 3.86. The van der Waals surface area contributed by atoms with E-state index in [1.54, 1.807) is 16.7 Å². The van der Waals surface area contributed by atoms with Crippen molar-refractivity contribution in [2.24, 2.45) is 0 Å². The summed E-state index contributed by atoms with van der Waals surface area (Å²) in [5.74, 6) is -0.566. The first-order valence-electron chi connectivity index (χ1n) is 9.77. The van der Waals surface area contributed by atoms with Gasteiger partial charge in [-0.05, 0) is 39.0 Å². The van der Waals surface area contributed by atoms with E-state index in [0.29, 0.717) is 39.0 Å². The highest BCUT2D eigenvalue weighted by molar-refractivity contribution is 5.94. The quantitative estimate of drug-likeness (QED) is 0.610. The van der Waals surface area contributed by atoms with E-state index in [2.05, 4.69) is 0 Å². The zero-order valence-electron chi connectivity index (χ0n) is 15.9. The minimum absolute atomic E-state index is 0.0211. The lowest BCUT2D eigenvalue weighted by Gasteiger charge is -2.31. The van der Waals surface area contributed by atoms with Gasteiger partial charge in [-0.25, -0.2) is 0 Å². The molecule has 0 saturated carbocycles. The molecular formula is C19H30N2O5. The van der Waals surface area contributed by atoms with Crippen LogP contribution >= 0.6 is 0 Å². The first-order valence-corrected chi connectivity index (χ1v) is 9.77. The summed E-state index contributed by atoms with van der Waals surface area (Å²) >= 11 is 0. The van der Waals surface area contributed by atoms with E-state index in [1.807, 2.05) is 6.92 Å². The summed E-state index contributed by atoms with van der Waals surface area (Å²) in [5.41, 5.74) is 0. The van der Waals surface area contributed by atoms with Crippen LogP contribution in [0.15, 0.2) is 0 Å². The van der Waals surface area contributed by atoms with E-state index < -0.39 is 12.1 Å². The molecule has 7 heteroatoms. The maximum atomic E-state index is 13.0. The molecule has 2 amide bonds. The van der Waals surface area contributed by atoms with E-state index >= 15 is 0 Å². The highest BCUT2D eigenvalue weighted by Crippen LogP contribution is 2.26. The molecule has 7 nitrogen and oxygen atoms in total. The number of ether oxygens (including phenoxy) is 1. The Morgan fingerprint density at radius 1 is 0.885 bits per heavy atom. The van der Waals surface area contributed by atoms with Crippen molar-refractivity contribution < 1.29 is 23.9 Å². The molecule has 146 valence electrons. The average molecular weight is 366 g/mol. The normalized spacial score (nSPS) is 22.5. The number of ketones is 1. The van der Waals surface area contributed by atoms with Crippen LogP contribution < -0.4 is 0 Å². The van der Waals surface area contributed by atoms with Crippen molar-refractivity contribution in [3.8, 4) is 0 Å². The smallest absolute Gasteiger partial charge is 0.306 e. The third kappa shape index (κ3) is 4.83. The van der Waals surface area contributed by atoms with Gasteiger partial charge in [0.1, 0.15) is 6.04 Å². The molecule has 26 heavy (non-hydrogen) atoms. The van der Waals surface area contributed by atoms with Gasteiger partial charge in [-0.1, -0.05) is 6.92 Å². The van der Waals surface area contributed by atoms with Crippen LogP contribution in [0, 0.1) is 0 Å². The highest BCUT2D eigenvalue weighted by atomic mass is 16.5. The Labute approximate surface area is 155 Å². The number of esters is 1. The molecule has 2 rings (SSSR count). The Morgan fingerprint density at radius 3 is 2.19 bits per heavy atom. The van der Waals surface area contributed by atoms with Gasteiger partial charge in [0.25, 0.3) is 0 Å². The molecule has 2 aliphatic rings. The highest BCUT2D eigenvalue weighted by Gasteiger charge is 2.41. The van der Waals surface area contributed by atoms with Crippen molar-refractivity contribution in [3.63, 3.8) is 0 Å². The van der Waals surface area contributed by atoms with Crippen LogP contribution in [0.1, 0.15) is 65.2 Å². The molecule has 2 heterocycles. The van der Waals surface area contributed by atoms with Crippen molar-refractivity contribution in [1.29, 1.82) is 0 Å². The van der Waals surface area contributed by atoms with E-state index in [-0.39, 0.29) is 36.4 Å². The first-order chi connectivity index (χ1) is 12.5. The number of hydrogen-bond acceptors (Lipinski definition) is 5. The van der Waals surface area contributed by atoms with E-state index in [1.165, 1.54) is 0 Å². The molecule has 0 radical (unpaired) electrons. The van der Waals surface area contributed by atoms with Crippen LogP contribution in [0.25, 0.3) is 0 Å². The largest absolute Gasteiger partial charge is 0.466 e. The Morgan fingerprint density at radius 2 is 1.54 bits per heavy atom. The Hall–Kier alpha value is -1.92. The van der Waals surface area contributed by atoms with Gasteiger partial charge in [0.05, 0.1) is 19.1 Å². The third-order valence-corrected chi connectivity index (χ3v) is 5.11. The number of amides is 2. The molecule has 0 spiro atoms. The second kappa shape index (κ2) is 9.69. The number of Topliss-reactive ketones (excluding diaryl/α,β-unsaturated/α-hetero) is 1. The second-order valence-corrected chi connectivity index (χ2v) is 6.96. The molecule has 0 aromatic rings. The summed E-state index contributed by atoms with van der Waals surface area (Å²) in [6.07, 6.45) is 4.24. The van der Waals surface area contributed by atoms with Crippen LogP contribution in [-0.2, 0) is 23.9 Å². The SMILES string of the molecule is CCCC(=O)N1CCC[C@H]1C(=O)N1CCC[C@H]1C(=O)CCC(=O)OCC. The van der Waals surface area contributed by atoms with Gasteiger partial charge in [-0.3, -0.25) is 19.2 Å². The molecule has 0 N–H and O–H groups in total. The summed E-state index contributed by atoms with van der Waals surface area (Å²) in [7, 11) is 0. The van der Waals surface area contributed by atoms with Gasteiger partial charge in [-0.15, -0.1) is 0 Å². The molecular weight excluding hydrogens is 336 g/mol. The maximum Gasteiger partial charge on any atom is 0.306 e. The fraction of sp³-hybridized carbons (Fsp3) is 0.789. The van der Waals surface area contributed by atoms with Gasteiger partial charge < -0.3 is 14.5 Å². The lowest BCUT2D eigenvalue weighted by Crippen LogP contribution is -2.51. The molecule has 2 fully saturated rings. The summed E-state index contributed by atoms with van der Waals surface area (Å²) in [6.45, 7) is 5.13. The lowest BCUT2D eigenvalue weighted by atomic mass is 10.0. The zero-order chi connectivity index (χ0) is 19.1. The van der Waals surface area contributed by atoms with Crippen molar-refractivity contribution >= 4 is 23.6 Å². The monoisotopic (exact) mass is 366 g/mol. The van der Waals surface area contributed by atoms with Crippen LogP contribution in [-0.4, -0.2) is 65.1 Å². The van der Waals surface area contributed by atoms with Crippen LogP contribution in [0.2, 0.25) is 0 Å². The molecule has 2 aliphatic heterocycles. The van der Waals surface area contributed by atoms with Crippen LogP contribution in [0.3, 0.4) is 0 Å². The van der Waals surface area contributed by atoms with Gasteiger partial charge in [0.15, 0.2) is 5.78 Å². The number of rotatable bonds is 8. The summed E-state index contributed by atoms with van der Waals surface area (Å²) < 4.78 is 4.86. The zero-order valence-corrected chi connectivity index (χ0v) is 15.9. The number of carbonyl (C=O) groups excluding carboxylic acids is 4. The summed E-state index contributed by atoms with van der Waals surface area (Å²) in [4.78, 5) is 52.6. The topological polar surface area (TPSA) is 84.0 Å². The second-order valence-electron chi connectivity index (χ2n) is 6.96. The van der Waals surface area contributed by atoms with Crippen LogP contribution in [0.4, 0.5) is 0 Å². The number of nitrogens with zero attached hydrogens (tertiary/aromatic N) is 2. The first kappa shape index (κ1) is 20.4. The molecule has 2 saturated heterocycles. The number of carbonyl (C=O) groups is 4. The van der Waals surface area contributed by atoms with Gasteiger partial charge in [-0.2, -0.15) is 0 Å². The van der Waals surface area contributed by atoms with Crippen molar-refractivity contribution in [3.05, 3.63) is 0 Å². The maximum absolute atomic E-state index is 13.0. The van der Waals surface area contributed by atoms with E-state index in [9.17, 15) is 19.2 Å². The predicted octanol–water partition coefficient (Wildman–Crippen LogP) is 1.68. The molecule has 0 bridgehead atoms. The molecule has 2 atom stereocenters. The van der Waals surface area contributed by atoms with Crippen molar-refractivity contribution in [2.45, 2.75) is 77.3 Å². The summed E-state index contributed by atoms with van der Waals surface area (Å²) in [6, 6.07) is -0.909.